The van der Waals surface area contributed by atoms with Gasteiger partial charge in [-0.3, -0.25) is 0 Å². The van der Waals surface area contributed by atoms with E-state index in [9.17, 15) is 4.79 Å². The van der Waals surface area contributed by atoms with Crippen molar-refractivity contribution in [2.24, 2.45) is 0 Å². The lowest BCUT2D eigenvalue weighted by Gasteiger charge is -2.19. The molecular weight excluding hydrogens is 276 g/mol. The summed E-state index contributed by atoms with van der Waals surface area (Å²) in [6.45, 7) is 6.76. The van der Waals surface area contributed by atoms with Gasteiger partial charge in [0.15, 0.2) is 15.2 Å². The van der Waals surface area contributed by atoms with Gasteiger partial charge in [0, 0.05) is 19.7 Å². The first-order valence-corrected chi connectivity index (χ1v) is 6.90. The quantitative estimate of drug-likeness (QED) is 0.571. The molecule has 0 saturated heterocycles. The normalized spacial score (nSPS) is 10.4. The minimum atomic E-state index is -0.454. The van der Waals surface area contributed by atoms with Crippen LogP contribution in [0.15, 0.2) is 0 Å². The van der Waals surface area contributed by atoms with Gasteiger partial charge >= 0.3 is 5.97 Å². The van der Waals surface area contributed by atoms with Crippen molar-refractivity contribution < 1.29 is 14.3 Å². The zero-order valence-corrected chi connectivity index (χ0v) is 12.3. The van der Waals surface area contributed by atoms with Crippen LogP contribution in [0.4, 0.5) is 5.13 Å². The molecule has 0 aliphatic carbocycles. The molecule has 0 aliphatic rings. The first-order chi connectivity index (χ1) is 8.63. The van der Waals surface area contributed by atoms with Crippen LogP contribution in [0.2, 0.25) is 5.15 Å². The Bertz CT molecular complexity index is 398. The van der Waals surface area contributed by atoms with Gasteiger partial charge in [-0.25, -0.2) is 9.78 Å². The van der Waals surface area contributed by atoms with Gasteiger partial charge in [-0.1, -0.05) is 22.9 Å². The lowest BCUT2D eigenvalue weighted by atomic mass is 10.5. The monoisotopic (exact) mass is 292 g/mol. The van der Waals surface area contributed by atoms with E-state index < -0.39 is 5.97 Å². The van der Waals surface area contributed by atoms with Crippen molar-refractivity contribution in [2.75, 3.05) is 38.3 Å². The number of nitrogens with zero attached hydrogens (tertiary/aromatic N) is 2. The molecule has 102 valence electrons. The molecule has 0 spiro atoms. The van der Waals surface area contributed by atoms with Gasteiger partial charge in [0.2, 0.25) is 0 Å². The van der Waals surface area contributed by atoms with Crippen LogP contribution in [-0.4, -0.2) is 44.4 Å². The minimum Gasteiger partial charge on any atom is -0.465 e. The summed E-state index contributed by atoms with van der Waals surface area (Å²) >= 11 is 7.16. The maximum Gasteiger partial charge on any atom is 0.351 e. The predicted octanol–water partition coefficient (Wildman–Crippen LogP) is 2.45. The number of ether oxygens (including phenoxy) is 2. The number of rotatable bonds is 7. The molecule has 0 bridgehead atoms. The SMILES string of the molecule is CCOCCN(CC)c1nc(Cl)c(C(=O)OC)s1. The molecule has 0 aliphatic heterocycles. The van der Waals surface area contributed by atoms with E-state index in [4.69, 9.17) is 16.3 Å². The summed E-state index contributed by atoms with van der Waals surface area (Å²) in [5.74, 6) is -0.454. The summed E-state index contributed by atoms with van der Waals surface area (Å²) in [4.78, 5) is 18.0. The van der Waals surface area contributed by atoms with Crippen LogP contribution in [0, 0.1) is 0 Å². The van der Waals surface area contributed by atoms with Crippen molar-refractivity contribution in [1.29, 1.82) is 0 Å². The number of methoxy groups -OCH3 is 1. The summed E-state index contributed by atoms with van der Waals surface area (Å²) in [6, 6.07) is 0. The highest BCUT2D eigenvalue weighted by atomic mass is 35.5. The summed E-state index contributed by atoms with van der Waals surface area (Å²) in [5.41, 5.74) is 0. The molecule has 0 radical (unpaired) electrons. The second-order valence-electron chi connectivity index (χ2n) is 3.38. The topological polar surface area (TPSA) is 51.7 Å². The molecule has 18 heavy (non-hydrogen) atoms. The van der Waals surface area contributed by atoms with E-state index in [1.165, 1.54) is 18.4 Å². The maximum atomic E-state index is 11.4. The Kier molecular flexibility index (Phi) is 6.38. The van der Waals surface area contributed by atoms with Crippen LogP contribution in [-0.2, 0) is 9.47 Å². The van der Waals surface area contributed by atoms with Crippen LogP contribution < -0.4 is 4.90 Å². The van der Waals surface area contributed by atoms with Crippen molar-refractivity contribution in [3.63, 3.8) is 0 Å². The van der Waals surface area contributed by atoms with Crippen molar-refractivity contribution >= 4 is 34.0 Å². The number of halogens is 1. The van der Waals surface area contributed by atoms with Crippen LogP contribution in [0.3, 0.4) is 0 Å². The lowest BCUT2D eigenvalue weighted by molar-refractivity contribution is 0.0606. The van der Waals surface area contributed by atoms with Gasteiger partial charge in [0.1, 0.15) is 0 Å². The first-order valence-electron chi connectivity index (χ1n) is 5.71. The number of hydrogen-bond acceptors (Lipinski definition) is 6. The Hall–Kier alpha value is -0.850. The second-order valence-corrected chi connectivity index (χ2v) is 4.72. The number of esters is 1. The summed E-state index contributed by atoms with van der Waals surface area (Å²) in [6.07, 6.45) is 0. The van der Waals surface area contributed by atoms with Gasteiger partial charge in [-0.2, -0.15) is 0 Å². The van der Waals surface area contributed by atoms with Crippen molar-refractivity contribution in [2.45, 2.75) is 13.8 Å². The zero-order valence-electron chi connectivity index (χ0n) is 10.7. The summed E-state index contributed by atoms with van der Waals surface area (Å²) < 4.78 is 9.95. The summed E-state index contributed by atoms with van der Waals surface area (Å²) in [5, 5.41) is 0.902. The van der Waals surface area contributed by atoms with E-state index >= 15 is 0 Å². The van der Waals surface area contributed by atoms with Crippen molar-refractivity contribution in [3.05, 3.63) is 10.0 Å². The number of anilines is 1. The lowest BCUT2D eigenvalue weighted by Crippen LogP contribution is -2.26. The fraction of sp³-hybridized carbons (Fsp3) is 0.636. The fourth-order valence-electron chi connectivity index (χ4n) is 1.35. The Morgan fingerprint density at radius 3 is 2.78 bits per heavy atom. The van der Waals surface area contributed by atoms with Crippen LogP contribution >= 0.6 is 22.9 Å². The molecule has 0 aromatic carbocycles. The van der Waals surface area contributed by atoms with Gasteiger partial charge in [0.25, 0.3) is 0 Å². The molecule has 7 heteroatoms. The van der Waals surface area contributed by atoms with E-state index in [1.807, 2.05) is 18.7 Å². The molecule has 5 nitrogen and oxygen atoms in total. The van der Waals surface area contributed by atoms with E-state index in [-0.39, 0.29) is 5.15 Å². The molecule has 0 atom stereocenters. The van der Waals surface area contributed by atoms with Gasteiger partial charge in [-0.15, -0.1) is 0 Å². The highest BCUT2D eigenvalue weighted by Crippen LogP contribution is 2.30. The average molecular weight is 293 g/mol. The number of likely N-dealkylation sites (N-methyl/N-ethyl adjacent to an activating group) is 1. The van der Waals surface area contributed by atoms with Gasteiger partial charge < -0.3 is 14.4 Å². The Morgan fingerprint density at radius 1 is 1.50 bits per heavy atom. The standard InChI is InChI=1S/C11H17ClN2O3S/c1-4-14(6-7-17-5-2)11-13-9(12)8(18-11)10(15)16-3/h4-7H2,1-3H3. The molecule has 1 rings (SSSR count). The highest BCUT2D eigenvalue weighted by molar-refractivity contribution is 7.18. The molecule has 0 unspecified atom stereocenters. The smallest absolute Gasteiger partial charge is 0.351 e. The van der Waals surface area contributed by atoms with E-state index in [2.05, 4.69) is 9.72 Å². The Labute approximate surface area is 116 Å². The van der Waals surface area contributed by atoms with Gasteiger partial charge in [0.05, 0.1) is 13.7 Å². The molecule has 0 amide bonds. The van der Waals surface area contributed by atoms with Crippen LogP contribution in [0.5, 0.6) is 0 Å². The van der Waals surface area contributed by atoms with E-state index in [1.54, 1.807) is 0 Å². The van der Waals surface area contributed by atoms with Crippen LogP contribution in [0.1, 0.15) is 23.5 Å². The third kappa shape index (κ3) is 3.83. The second kappa shape index (κ2) is 7.56. The third-order valence-corrected chi connectivity index (χ3v) is 3.79. The van der Waals surface area contributed by atoms with Gasteiger partial charge in [-0.05, 0) is 13.8 Å². The molecule has 0 N–H and O–H groups in total. The average Bonchev–Trinajstić information content (AvgIpc) is 2.76. The Morgan fingerprint density at radius 2 is 2.22 bits per heavy atom. The third-order valence-electron chi connectivity index (χ3n) is 2.31. The molecule has 0 fully saturated rings. The molecular formula is C11H17ClN2O3S. The number of carbonyl (C=O) groups excluding carboxylic acids is 1. The van der Waals surface area contributed by atoms with Crippen molar-refractivity contribution in [3.8, 4) is 0 Å². The molecule has 1 aromatic heterocycles. The number of carbonyl (C=O) groups is 1. The maximum absolute atomic E-state index is 11.4. The minimum absolute atomic E-state index is 0.191. The largest absolute Gasteiger partial charge is 0.465 e. The predicted molar refractivity (Wildman–Crippen MR) is 72.8 cm³/mol. The molecule has 0 saturated carbocycles. The first kappa shape index (κ1) is 15.2. The summed E-state index contributed by atoms with van der Waals surface area (Å²) in [7, 11) is 1.32. The van der Waals surface area contributed by atoms with Crippen LogP contribution in [0.25, 0.3) is 0 Å². The molecule has 1 heterocycles. The highest BCUT2D eigenvalue weighted by Gasteiger charge is 2.19. The van der Waals surface area contributed by atoms with Crippen molar-refractivity contribution in [1.82, 2.24) is 4.98 Å². The number of hydrogen-bond donors (Lipinski definition) is 0. The molecule has 1 aromatic rings. The Balaban J connectivity index is 2.77. The number of thiazole rings is 1. The van der Waals surface area contributed by atoms with E-state index in [0.29, 0.717) is 23.2 Å². The number of aromatic nitrogens is 1. The fourth-order valence-corrected chi connectivity index (χ4v) is 2.64. The van der Waals surface area contributed by atoms with E-state index in [0.717, 1.165) is 13.1 Å². The zero-order chi connectivity index (χ0) is 13.5.